The predicted octanol–water partition coefficient (Wildman–Crippen LogP) is 5.27. The first-order chi connectivity index (χ1) is 12.0. The molecule has 3 heterocycles. The van der Waals surface area contributed by atoms with E-state index >= 15 is 0 Å². The summed E-state index contributed by atoms with van der Waals surface area (Å²) in [6, 6.07) is 1.45. The molecule has 0 saturated carbocycles. The third-order valence-corrected chi connectivity index (χ3v) is 6.99. The molecule has 2 saturated heterocycles. The van der Waals surface area contributed by atoms with E-state index in [0.717, 1.165) is 12.0 Å². The SMILES string of the molecule is C.C.C.C.C/C1=C/C(N2CCN(CCN3CCC3C)CC2)[C@H](C)CCCCN1C. The minimum atomic E-state index is 0. The molecule has 0 amide bonds. The lowest BCUT2D eigenvalue weighted by atomic mass is 9.93. The van der Waals surface area contributed by atoms with Crippen molar-refractivity contribution in [2.75, 3.05) is 59.4 Å². The van der Waals surface area contributed by atoms with Crippen molar-refractivity contribution in [1.82, 2.24) is 19.6 Å². The Morgan fingerprint density at radius 1 is 0.828 bits per heavy atom. The Kier molecular flexibility index (Phi) is 15.2. The summed E-state index contributed by atoms with van der Waals surface area (Å²) in [5.41, 5.74) is 1.47. The molecule has 0 aromatic heterocycles. The highest BCUT2D eigenvalue weighted by Crippen LogP contribution is 2.24. The van der Waals surface area contributed by atoms with Gasteiger partial charge in [-0.15, -0.1) is 0 Å². The van der Waals surface area contributed by atoms with Crippen LogP contribution in [0.5, 0.6) is 0 Å². The molecule has 2 fully saturated rings. The van der Waals surface area contributed by atoms with E-state index in [1.807, 2.05) is 0 Å². The normalized spacial score (nSPS) is 31.1. The van der Waals surface area contributed by atoms with Crippen molar-refractivity contribution in [3.8, 4) is 0 Å². The summed E-state index contributed by atoms with van der Waals surface area (Å²) in [7, 11) is 2.26. The van der Waals surface area contributed by atoms with Crippen LogP contribution in [-0.4, -0.2) is 91.1 Å². The topological polar surface area (TPSA) is 13.0 Å². The molecule has 4 heteroatoms. The Hall–Kier alpha value is -0.580. The lowest BCUT2D eigenvalue weighted by Gasteiger charge is -2.43. The predicted molar refractivity (Wildman–Crippen MR) is 134 cm³/mol. The molecule has 0 spiro atoms. The van der Waals surface area contributed by atoms with E-state index < -0.39 is 0 Å². The van der Waals surface area contributed by atoms with Gasteiger partial charge in [-0.3, -0.25) is 14.7 Å². The van der Waals surface area contributed by atoms with Crippen LogP contribution in [0.25, 0.3) is 0 Å². The van der Waals surface area contributed by atoms with Gasteiger partial charge < -0.3 is 4.90 Å². The van der Waals surface area contributed by atoms with Gasteiger partial charge in [-0.2, -0.15) is 0 Å². The maximum Gasteiger partial charge on any atom is 0.0324 e. The Bertz CT molecular complexity index is 442. The van der Waals surface area contributed by atoms with Crippen LogP contribution in [0.3, 0.4) is 0 Å². The molecule has 0 aromatic carbocycles. The molecule has 176 valence electrons. The average molecular weight is 413 g/mol. The Morgan fingerprint density at radius 2 is 1.48 bits per heavy atom. The summed E-state index contributed by atoms with van der Waals surface area (Å²) in [5.74, 6) is 0.773. The zero-order valence-electron chi connectivity index (χ0n) is 17.1. The summed E-state index contributed by atoms with van der Waals surface area (Å²) in [6.07, 6.45) is 8.04. The molecule has 3 aliphatic heterocycles. The zero-order valence-corrected chi connectivity index (χ0v) is 17.1. The minimum absolute atomic E-state index is 0. The van der Waals surface area contributed by atoms with Crippen molar-refractivity contribution >= 4 is 0 Å². The van der Waals surface area contributed by atoms with E-state index in [1.54, 1.807) is 0 Å². The van der Waals surface area contributed by atoms with Crippen molar-refractivity contribution in [1.29, 1.82) is 0 Å². The van der Waals surface area contributed by atoms with E-state index in [9.17, 15) is 0 Å². The summed E-state index contributed by atoms with van der Waals surface area (Å²) in [4.78, 5) is 10.5. The highest BCUT2D eigenvalue weighted by atomic mass is 15.3. The van der Waals surface area contributed by atoms with Gasteiger partial charge in [0.15, 0.2) is 0 Å². The third kappa shape index (κ3) is 8.22. The van der Waals surface area contributed by atoms with Crippen LogP contribution in [0, 0.1) is 5.92 Å². The second-order valence-corrected chi connectivity index (χ2v) is 8.74. The lowest BCUT2D eigenvalue weighted by Crippen LogP contribution is -2.54. The van der Waals surface area contributed by atoms with Crippen LogP contribution in [0.1, 0.15) is 76.2 Å². The van der Waals surface area contributed by atoms with Gasteiger partial charge in [0.05, 0.1) is 0 Å². The van der Waals surface area contributed by atoms with Crippen LogP contribution >= 0.6 is 0 Å². The molecule has 3 atom stereocenters. The van der Waals surface area contributed by atoms with Crippen molar-refractivity contribution in [3.05, 3.63) is 11.8 Å². The van der Waals surface area contributed by atoms with Gasteiger partial charge in [0.2, 0.25) is 0 Å². The van der Waals surface area contributed by atoms with Crippen molar-refractivity contribution < 1.29 is 0 Å². The molecule has 4 nitrogen and oxygen atoms in total. The third-order valence-electron chi connectivity index (χ3n) is 6.99. The zero-order chi connectivity index (χ0) is 17.8. The van der Waals surface area contributed by atoms with Gasteiger partial charge in [0.25, 0.3) is 0 Å². The molecule has 0 bridgehead atoms. The van der Waals surface area contributed by atoms with E-state index in [1.165, 1.54) is 83.7 Å². The molecule has 0 aliphatic carbocycles. The number of nitrogens with zero attached hydrogens (tertiary/aromatic N) is 4. The van der Waals surface area contributed by atoms with E-state index in [2.05, 4.69) is 53.5 Å². The summed E-state index contributed by atoms with van der Waals surface area (Å²) in [5, 5.41) is 0. The van der Waals surface area contributed by atoms with E-state index in [0.29, 0.717) is 6.04 Å². The van der Waals surface area contributed by atoms with Gasteiger partial charge >= 0.3 is 0 Å². The fraction of sp³-hybridized carbons (Fsp3) is 0.920. The van der Waals surface area contributed by atoms with Gasteiger partial charge in [-0.05, 0) is 51.6 Å². The number of hydrogen-bond donors (Lipinski definition) is 0. The van der Waals surface area contributed by atoms with Crippen LogP contribution in [0.15, 0.2) is 11.8 Å². The minimum Gasteiger partial charge on any atom is -0.378 e. The Balaban J connectivity index is 0. The summed E-state index contributed by atoms with van der Waals surface area (Å²) < 4.78 is 0. The molecule has 3 rings (SSSR count). The van der Waals surface area contributed by atoms with Crippen LogP contribution < -0.4 is 0 Å². The summed E-state index contributed by atoms with van der Waals surface area (Å²) >= 11 is 0. The van der Waals surface area contributed by atoms with Gasteiger partial charge in [0.1, 0.15) is 0 Å². The van der Waals surface area contributed by atoms with E-state index in [4.69, 9.17) is 0 Å². The van der Waals surface area contributed by atoms with Gasteiger partial charge in [-0.1, -0.05) is 43.1 Å². The average Bonchev–Trinajstić information content (AvgIpc) is 2.67. The molecule has 0 N–H and O–H groups in total. The van der Waals surface area contributed by atoms with Gasteiger partial charge in [0, 0.05) is 70.6 Å². The highest BCUT2D eigenvalue weighted by Gasteiger charge is 2.28. The van der Waals surface area contributed by atoms with Crippen LogP contribution in [0.4, 0.5) is 0 Å². The van der Waals surface area contributed by atoms with E-state index in [-0.39, 0.29) is 29.7 Å². The monoisotopic (exact) mass is 412 g/mol. The standard InChI is InChI=1S/C21H40N4.4CH4/c1-18-7-5-6-9-22(4)20(3)17-21(18)25-15-12-23(13-16-25)11-14-24-10-8-19(24)2;;;;/h17-19,21H,5-16H2,1-4H3;4*1H4/b20-17-;;;;/t18-,19?,21?;;;;/m1..../s1. The van der Waals surface area contributed by atoms with Crippen LogP contribution in [0.2, 0.25) is 0 Å². The molecule has 3 aliphatic rings. The quantitative estimate of drug-likeness (QED) is 0.624. The molecule has 0 aromatic rings. The van der Waals surface area contributed by atoms with Crippen LogP contribution in [-0.2, 0) is 0 Å². The lowest BCUT2D eigenvalue weighted by molar-refractivity contribution is 0.0572. The molecular formula is C25H56N4. The number of piperazine rings is 1. The number of allylic oxidation sites excluding steroid dienone is 1. The Labute approximate surface area is 185 Å². The number of hydrogen-bond acceptors (Lipinski definition) is 4. The molecule has 29 heavy (non-hydrogen) atoms. The molecule has 0 radical (unpaired) electrons. The molecular weight excluding hydrogens is 356 g/mol. The second-order valence-electron chi connectivity index (χ2n) is 8.74. The second kappa shape index (κ2) is 14.4. The smallest absolute Gasteiger partial charge is 0.0324 e. The molecule has 2 unspecified atom stereocenters. The maximum atomic E-state index is 2.76. The van der Waals surface area contributed by atoms with Crippen molar-refractivity contribution in [3.63, 3.8) is 0 Å². The Morgan fingerprint density at radius 3 is 2.03 bits per heavy atom. The summed E-state index contributed by atoms with van der Waals surface area (Å²) in [6.45, 7) is 17.2. The number of rotatable bonds is 4. The largest absolute Gasteiger partial charge is 0.378 e. The van der Waals surface area contributed by atoms with Gasteiger partial charge in [-0.25, -0.2) is 0 Å². The fourth-order valence-corrected chi connectivity index (χ4v) is 4.62. The highest BCUT2D eigenvalue weighted by molar-refractivity contribution is 5.06. The van der Waals surface area contributed by atoms with Crippen molar-refractivity contribution in [2.45, 2.75) is 88.2 Å². The first kappa shape index (κ1) is 30.6. The maximum absolute atomic E-state index is 2.76. The number of likely N-dealkylation sites (tertiary alicyclic amines) is 1. The fourth-order valence-electron chi connectivity index (χ4n) is 4.62. The van der Waals surface area contributed by atoms with Crippen molar-refractivity contribution in [2.24, 2.45) is 5.92 Å². The first-order valence-corrected chi connectivity index (χ1v) is 10.6. The first-order valence-electron chi connectivity index (χ1n) is 10.6.